The molecule has 0 bridgehead atoms. The fourth-order valence-corrected chi connectivity index (χ4v) is 1.82. The molecule has 2 N–H and O–H groups in total. The molecule has 0 saturated heterocycles. The van der Waals surface area contributed by atoms with Gasteiger partial charge < -0.3 is 10.4 Å². The number of amides is 2. The van der Waals surface area contributed by atoms with E-state index in [1.54, 1.807) is 6.07 Å². The minimum Gasteiger partial charge on any atom is -0.481 e. The van der Waals surface area contributed by atoms with E-state index in [9.17, 15) is 14.0 Å². The highest BCUT2D eigenvalue weighted by molar-refractivity contribution is 5.91. The van der Waals surface area contributed by atoms with Crippen LogP contribution in [0.1, 0.15) is 19.8 Å². The van der Waals surface area contributed by atoms with Crippen molar-refractivity contribution in [3.05, 3.63) is 30.1 Å². The number of rotatable bonds is 6. The Morgan fingerprint density at radius 3 is 2.60 bits per heavy atom. The van der Waals surface area contributed by atoms with E-state index >= 15 is 0 Å². The summed E-state index contributed by atoms with van der Waals surface area (Å²) < 4.78 is 13.5. The molecule has 0 heterocycles. The van der Waals surface area contributed by atoms with Crippen LogP contribution in [0.5, 0.6) is 0 Å². The molecule has 0 aromatic heterocycles. The third-order valence-corrected chi connectivity index (χ3v) is 3.00. The molecule has 1 aromatic rings. The van der Waals surface area contributed by atoms with Gasteiger partial charge in [0.25, 0.3) is 0 Å². The quantitative estimate of drug-likeness (QED) is 0.842. The van der Waals surface area contributed by atoms with Gasteiger partial charge in [-0.05, 0) is 18.6 Å². The maximum Gasteiger partial charge on any atom is 0.321 e. The molecule has 1 atom stereocenters. The van der Waals surface area contributed by atoms with Gasteiger partial charge in [0.15, 0.2) is 0 Å². The minimum atomic E-state index is -0.944. The van der Waals surface area contributed by atoms with Crippen LogP contribution in [0.25, 0.3) is 0 Å². The van der Waals surface area contributed by atoms with Crippen LogP contribution in [0.2, 0.25) is 0 Å². The number of halogens is 1. The number of anilines is 1. The van der Waals surface area contributed by atoms with Gasteiger partial charge in [-0.3, -0.25) is 9.69 Å². The lowest BCUT2D eigenvalue weighted by Gasteiger charge is -2.20. The predicted octanol–water partition coefficient (Wildman–Crippen LogP) is 2.47. The highest BCUT2D eigenvalue weighted by Gasteiger charge is 2.19. The van der Waals surface area contributed by atoms with Crippen LogP contribution in [-0.4, -0.2) is 30.7 Å². The predicted molar refractivity (Wildman–Crippen MR) is 74.2 cm³/mol. The molecule has 0 aliphatic carbocycles. The number of carbonyl (C=O) groups is 2. The molecular weight excluding hydrogens is 263 g/mol. The third-order valence-electron chi connectivity index (χ3n) is 3.00. The van der Waals surface area contributed by atoms with E-state index in [1.807, 2.05) is 6.92 Å². The monoisotopic (exact) mass is 282 g/mol. The van der Waals surface area contributed by atoms with Crippen molar-refractivity contribution < 1.29 is 19.1 Å². The number of carboxylic acid groups (broad SMARTS) is 1. The summed E-state index contributed by atoms with van der Waals surface area (Å²) in [4.78, 5) is 24.0. The maximum atomic E-state index is 13.5. The second-order valence-corrected chi connectivity index (χ2v) is 4.52. The fraction of sp³-hybridized carbons (Fsp3) is 0.429. The van der Waals surface area contributed by atoms with Gasteiger partial charge in [-0.25, -0.2) is 9.18 Å². The number of benzene rings is 1. The zero-order valence-corrected chi connectivity index (χ0v) is 11.6. The summed E-state index contributed by atoms with van der Waals surface area (Å²) in [6.45, 7) is 1.91. The number of carboxylic acids is 1. The number of para-hydroxylation sites is 1. The van der Waals surface area contributed by atoms with Gasteiger partial charge in [0.05, 0.1) is 11.6 Å². The zero-order chi connectivity index (χ0) is 15.1. The molecule has 5 nitrogen and oxygen atoms in total. The van der Waals surface area contributed by atoms with E-state index in [4.69, 9.17) is 5.11 Å². The largest absolute Gasteiger partial charge is 0.481 e. The van der Waals surface area contributed by atoms with Gasteiger partial charge in [-0.15, -0.1) is 0 Å². The zero-order valence-electron chi connectivity index (χ0n) is 11.6. The molecule has 0 spiro atoms. The lowest BCUT2D eigenvalue weighted by Crippen LogP contribution is -2.41. The van der Waals surface area contributed by atoms with Gasteiger partial charge in [0.1, 0.15) is 5.82 Å². The molecule has 20 heavy (non-hydrogen) atoms. The summed E-state index contributed by atoms with van der Waals surface area (Å²) in [7, 11) is 1.43. The van der Waals surface area contributed by atoms with E-state index in [-0.39, 0.29) is 12.2 Å². The molecule has 0 fully saturated rings. The topological polar surface area (TPSA) is 69.6 Å². The summed E-state index contributed by atoms with van der Waals surface area (Å²) in [6, 6.07) is 5.37. The average molecular weight is 282 g/mol. The second kappa shape index (κ2) is 7.47. The Morgan fingerprint density at radius 1 is 1.40 bits per heavy atom. The minimum absolute atomic E-state index is 0.0286. The molecule has 1 aromatic carbocycles. The Bertz CT molecular complexity index is 479. The summed E-state index contributed by atoms with van der Waals surface area (Å²) in [6.07, 6.45) is 1.20. The van der Waals surface area contributed by atoms with E-state index in [2.05, 4.69) is 5.32 Å². The fourth-order valence-electron chi connectivity index (χ4n) is 1.82. The summed E-state index contributed by atoms with van der Waals surface area (Å²) in [5.41, 5.74) is 0.146. The van der Waals surface area contributed by atoms with Crippen molar-refractivity contribution >= 4 is 17.7 Å². The Balaban J connectivity index is 2.62. The Hall–Kier alpha value is -2.11. The maximum absolute atomic E-state index is 13.5. The van der Waals surface area contributed by atoms with Gasteiger partial charge in [0.2, 0.25) is 0 Å². The van der Waals surface area contributed by atoms with Crippen molar-refractivity contribution in [2.75, 3.05) is 18.5 Å². The lowest BCUT2D eigenvalue weighted by atomic mass is 10.0. The van der Waals surface area contributed by atoms with Crippen molar-refractivity contribution in [3.63, 3.8) is 0 Å². The molecule has 2 amide bonds. The van der Waals surface area contributed by atoms with E-state index in [0.717, 1.165) is 11.3 Å². The van der Waals surface area contributed by atoms with Crippen LogP contribution in [0.4, 0.5) is 14.9 Å². The van der Waals surface area contributed by atoms with Crippen LogP contribution >= 0.6 is 0 Å². The summed E-state index contributed by atoms with van der Waals surface area (Å²) in [5.74, 6) is -2.08. The molecule has 1 rings (SSSR count). The van der Waals surface area contributed by atoms with Crippen LogP contribution < -0.4 is 10.2 Å². The van der Waals surface area contributed by atoms with Crippen molar-refractivity contribution in [1.82, 2.24) is 5.32 Å². The molecular formula is C14H19FN2O3. The van der Waals surface area contributed by atoms with E-state index in [0.29, 0.717) is 6.42 Å². The lowest BCUT2D eigenvalue weighted by molar-refractivity contribution is -0.141. The number of hydrogen-bond acceptors (Lipinski definition) is 2. The first-order chi connectivity index (χ1) is 9.47. The third kappa shape index (κ3) is 4.22. The van der Waals surface area contributed by atoms with Crippen molar-refractivity contribution in [1.29, 1.82) is 0 Å². The van der Waals surface area contributed by atoms with Crippen molar-refractivity contribution in [3.8, 4) is 0 Å². The molecule has 1 unspecified atom stereocenters. The van der Waals surface area contributed by atoms with Gasteiger partial charge in [-0.2, -0.15) is 0 Å². The standard InChI is InChI=1S/C14H19FN2O3/c1-3-6-10(13(18)19)9-16-14(20)17(2)12-8-5-4-7-11(12)15/h4-5,7-8,10H,3,6,9H2,1-2H3,(H,16,20)(H,18,19). The summed E-state index contributed by atoms with van der Waals surface area (Å²) in [5, 5.41) is 11.5. The highest BCUT2D eigenvalue weighted by Crippen LogP contribution is 2.17. The summed E-state index contributed by atoms with van der Waals surface area (Å²) >= 11 is 0. The molecule has 110 valence electrons. The van der Waals surface area contributed by atoms with Crippen LogP contribution in [0, 0.1) is 11.7 Å². The number of hydrogen-bond donors (Lipinski definition) is 2. The second-order valence-electron chi connectivity index (χ2n) is 4.52. The van der Waals surface area contributed by atoms with Gasteiger partial charge in [0, 0.05) is 13.6 Å². The van der Waals surface area contributed by atoms with E-state index < -0.39 is 23.7 Å². The van der Waals surface area contributed by atoms with Gasteiger partial charge in [-0.1, -0.05) is 25.5 Å². The number of nitrogens with zero attached hydrogens (tertiary/aromatic N) is 1. The van der Waals surface area contributed by atoms with Gasteiger partial charge >= 0.3 is 12.0 Å². The first-order valence-corrected chi connectivity index (χ1v) is 6.46. The normalized spacial score (nSPS) is 11.8. The van der Waals surface area contributed by atoms with Crippen LogP contribution in [0.15, 0.2) is 24.3 Å². The molecule has 0 aliphatic rings. The first-order valence-electron chi connectivity index (χ1n) is 6.46. The van der Waals surface area contributed by atoms with Crippen molar-refractivity contribution in [2.24, 2.45) is 5.92 Å². The first kappa shape index (κ1) is 15.9. The van der Waals surface area contributed by atoms with Crippen molar-refractivity contribution in [2.45, 2.75) is 19.8 Å². The van der Waals surface area contributed by atoms with Crippen LogP contribution in [-0.2, 0) is 4.79 Å². The molecule has 6 heteroatoms. The molecule has 0 saturated carbocycles. The Labute approximate surface area is 117 Å². The highest BCUT2D eigenvalue weighted by atomic mass is 19.1. The molecule has 0 aliphatic heterocycles. The number of aliphatic carboxylic acids is 1. The van der Waals surface area contributed by atoms with E-state index in [1.165, 1.54) is 25.2 Å². The Kier molecular flexibility index (Phi) is 5.96. The smallest absolute Gasteiger partial charge is 0.321 e. The number of nitrogens with one attached hydrogen (secondary N) is 1. The number of urea groups is 1. The SMILES string of the molecule is CCCC(CNC(=O)N(C)c1ccccc1F)C(=O)O. The molecule has 0 radical (unpaired) electrons. The number of carbonyl (C=O) groups excluding carboxylic acids is 1. The Morgan fingerprint density at radius 2 is 2.05 bits per heavy atom. The average Bonchev–Trinajstić information content (AvgIpc) is 2.42. The van der Waals surface area contributed by atoms with Crippen LogP contribution in [0.3, 0.4) is 0 Å².